The van der Waals surface area contributed by atoms with Gasteiger partial charge in [-0.05, 0) is 54.0 Å². The van der Waals surface area contributed by atoms with E-state index in [9.17, 15) is 4.21 Å². The van der Waals surface area contributed by atoms with Gasteiger partial charge in [-0.2, -0.15) is 0 Å². The maximum absolute atomic E-state index is 11.4. The van der Waals surface area contributed by atoms with E-state index in [4.69, 9.17) is 0 Å². The minimum absolute atomic E-state index is 0.491. The normalized spacial score (nSPS) is 19.6. The Labute approximate surface area is 126 Å². The van der Waals surface area contributed by atoms with E-state index in [0.29, 0.717) is 6.04 Å². The van der Waals surface area contributed by atoms with Crippen LogP contribution in [0, 0.1) is 0 Å². The summed E-state index contributed by atoms with van der Waals surface area (Å²) >= 11 is 1.88. The van der Waals surface area contributed by atoms with Gasteiger partial charge in [0.1, 0.15) is 0 Å². The van der Waals surface area contributed by atoms with E-state index < -0.39 is 10.8 Å². The summed E-state index contributed by atoms with van der Waals surface area (Å²) in [6, 6.07) is 10.8. The molecular weight excluding hydrogens is 286 g/mol. The molecule has 2 aromatic rings. The standard InChI is InChI=1S/C16H19NOS2/c1-20(18)13-7-5-12(6-8-13)11-17-15-3-2-4-16-14(15)9-10-19-16/h5-10,15,17H,2-4,11H2,1H3/t15-,20+/m1/s1. The zero-order valence-electron chi connectivity index (χ0n) is 11.6. The number of rotatable bonds is 4. The lowest BCUT2D eigenvalue weighted by molar-refractivity contribution is 0.463. The maximum atomic E-state index is 11.4. The Balaban J connectivity index is 1.64. The first-order valence-corrected chi connectivity index (χ1v) is 9.40. The molecule has 1 N–H and O–H groups in total. The molecule has 3 rings (SSSR count). The van der Waals surface area contributed by atoms with E-state index in [1.165, 1.54) is 30.4 Å². The fourth-order valence-corrected chi connectivity index (χ4v) is 4.25. The molecular formula is C16H19NOS2. The highest BCUT2D eigenvalue weighted by molar-refractivity contribution is 7.84. The van der Waals surface area contributed by atoms with E-state index in [1.54, 1.807) is 11.1 Å². The zero-order valence-corrected chi connectivity index (χ0v) is 13.2. The maximum Gasteiger partial charge on any atom is 0.0498 e. The number of nitrogens with one attached hydrogen (secondary N) is 1. The van der Waals surface area contributed by atoms with Crippen LogP contribution in [0.25, 0.3) is 0 Å². The van der Waals surface area contributed by atoms with Crippen LogP contribution in [0.4, 0.5) is 0 Å². The lowest BCUT2D eigenvalue weighted by atomic mass is 9.94. The Hall–Kier alpha value is -0.970. The molecule has 0 fully saturated rings. The van der Waals surface area contributed by atoms with Crippen molar-refractivity contribution in [2.45, 2.75) is 36.7 Å². The number of thiophene rings is 1. The van der Waals surface area contributed by atoms with Crippen LogP contribution in [0.5, 0.6) is 0 Å². The molecule has 0 amide bonds. The molecule has 2 atom stereocenters. The second-order valence-electron chi connectivity index (χ2n) is 5.22. The van der Waals surface area contributed by atoms with Gasteiger partial charge in [-0.1, -0.05) is 12.1 Å². The molecule has 0 spiro atoms. The van der Waals surface area contributed by atoms with Crippen molar-refractivity contribution in [1.29, 1.82) is 0 Å². The number of hydrogen-bond acceptors (Lipinski definition) is 3. The van der Waals surface area contributed by atoms with Gasteiger partial charge in [0.2, 0.25) is 0 Å². The van der Waals surface area contributed by atoms with Gasteiger partial charge in [0.05, 0.1) is 0 Å². The molecule has 0 radical (unpaired) electrons. The molecule has 2 nitrogen and oxygen atoms in total. The predicted octanol–water partition coefficient (Wildman–Crippen LogP) is 3.65. The van der Waals surface area contributed by atoms with E-state index >= 15 is 0 Å². The van der Waals surface area contributed by atoms with Crippen LogP contribution in [0.3, 0.4) is 0 Å². The van der Waals surface area contributed by atoms with Crippen molar-refractivity contribution in [1.82, 2.24) is 5.32 Å². The number of fused-ring (bicyclic) bond motifs is 1. The summed E-state index contributed by atoms with van der Waals surface area (Å²) in [7, 11) is -0.889. The summed E-state index contributed by atoms with van der Waals surface area (Å²) in [6.45, 7) is 0.872. The van der Waals surface area contributed by atoms with Crippen LogP contribution in [0.1, 0.15) is 34.9 Å². The van der Waals surface area contributed by atoms with Crippen LogP contribution in [0.15, 0.2) is 40.6 Å². The minimum atomic E-state index is -0.889. The van der Waals surface area contributed by atoms with Crippen LogP contribution in [-0.2, 0) is 23.8 Å². The predicted molar refractivity (Wildman–Crippen MR) is 85.6 cm³/mol. The van der Waals surface area contributed by atoms with Crippen molar-refractivity contribution in [2.75, 3.05) is 6.26 Å². The summed E-state index contributed by atoms with van der Waals surface area (Å²) in [6.07, 6.45) is 5.45. The average molecular weight is 305 g/mol. The monoisotopic (exact) mass is 305 g/mol. The summed E-state index contributed by atoms with van der Waals surface area (Å²) < 4.78 is 11.4. The van der Waals surface area contributed by atoms with Gasteiger partial charge < -0.3 is 5.32 Å². The van der Waals surface area contributed by atoms with Crippen molar-refractivity contribution in [3.63, 3.8) is 0 Å². The van der Waals surface area contributed by atoms with E-state index in [2.05, 4.69) is 28.9 Å². The Morgan fingerprint density at radius 2 is 2.10 bits per heavy atom. The fourth-order valence-electron chi connectivity index (χ4n) is 2.74. The van der Waals surface area contributed by atoms with Crippen molar-refractivity contribution in [3.8, 4) is 0 Å². The van der Waals surface area contributed by atoms with Crippen molar-refractivity contribution < 1.29 is 4.21 Å². The Morgan fingerprint density at radius 3 is 2.85 bits per heavy atom. The van der Waals surface area contributed by atoms with E-state index in [0.717, 1.165) is 11.4 Å². The van der Waals surface area contributed by atoms with Gasteiger partial charge in [-0.15, -0.1) is 11.3 Å². The summed E-state index contributed by atoms with van der Waals surface area (Å²) in [5.74, 6) is 0. The summed E-state index contributed by atoms with van der Waals surface area (Å²) in [4.78, 5) is 2.44. The fraction of sp³-hybridized carbons (Fsp3) is 0.375. The van der Waals surface area contributed by atoms with Crippen molar-refractivity contribution in [3.05, 3.63) is 51.7 Å². The molecule has 106 valence electrons. The lowest BCUT2D eigenvalue weighted by Crippen LogP contribution is -2.23. The van der Waals surface area contributed by atoms with Crippen LogP contribution in [-0.4, -0.2) is 10.5 Å². The molecule has 0 saturated carbocycles. The highest BCUT2D eigenvalue weighted by Gasteiger charge is 2.20. The zero-order chi connectivity index (χ0) is 13.9. The van der Waals surface area contributed by atoms with E-state index in [-0.39, 0.29) is 0 Å². The average Bonchev–Trinajstić information content (AvgIpc) is 2.94. The van der Waals surface area contributed by atoms with Crippen molar-refractivity contribution in [2.24, 2.45) is 0 Å². The summed E-state index contributed by atoms with van der Waals surface area (Å²) in [5, 5.41) is 5.86. The van der Waals surface area contributed by atoms with Gasteiger partial charge in [-0.3, -0.25) is 4.21 Å². The second kappa shape index (κ2) is 6.20. The first kappa shape index (κ1) is 14.0. The number of aryl methyl sites for hydroxylation is 1. The molecule has 0 unspecified atom stereocenters. The molecule has 4 heteroatoms. The Morgan fingerprint density at radius 1 is 1.30 bits per heavy atom. The molecule has 1 aliphatic rings. The SMILES string of the molecule is C[S@](=O)c1ccc(CN[C@@H]2CCCc3sccc32)cc1. The molecule has 0 aliphatic heterocycles. The van der Waals surface area contributed by atoms with Crippen molar-refractivity contribution >= 4 is 22.1 Å². The van der Waals surface area contributed by atoms with Crippen LogP contribution >= 0.6 is 11.3 Å². The third-order valence-electron chi connectivity index (χ3n) is 3.86. The summed E-state index contributed by atoms with van der Waals surface area (Å²) in [5.41, 5.74) is 2.74. The third-order valence-corrected chi connectivity index (χ3v) is 5.79. The first-order chi connectivity index (χ1) is 9.74. The van der Waals surface area contributed by atoms with Gasteiger partial charge in [0.25, 0.3) is 0 Å². The molecule has 20 heavy (non-hydrogen) atoms. The molecule has 1 aromatic heterocycles. The quantitative estimate of drug-likeness (QED) is 0.934. The number of hydrogen-bond donors (Lipinski definition) is 1. The van der Waals surface area contributed by atoms with Crippen LogP contribution in [0.2, 0.25) is 0 Å². The highest BCUT2D eigenvalue weighted by Crippen LogP contribution is 2.33. The minimum Gasteiger partial charge on any atom is -0.306 e. The van der Waals surface area contributed by atoms with Gasteiger partial charge in [0.15, 0.2) is 0 Å². The molecule has 1 aromatic carbocycles. The number of benzene rings is 1. The van der Waals surface area contributed by atoms with Crippen LogP contribution < -0.4 is 5.32 Å². The topological polar surface area (TPSA) is 29.1 Å². The molecule has 1 heterocycles. The van der Waals surface area contributed by atoms with Gasteiger partial charge >= 0.3 is 0 Å². The third kappa shape index (κ3) is 3.03. The van der Waals surface area contributed by atoms with Gasteiger partial charge in [-0.25, -0.2) is 0 Å². The molecule has 1 aliphatic carbocycles. The first-order valence-electron chi connectivity index (χ1n) is 6.96. The molecule has 0 bridgehead atoms. The van der Waals surface area contributed by atoms with E-state index in [1.807, 2.05) is 23.5 Å². The smallest absolute Gasteiger partial charge is 0.0498 e. The Bertz CT molecular complexity index is 603. The second-order valence-corrected chi connectivity index (χ2v) is 7.60. The Kier molecular flexibility index (Phi) is 4.34. The highest BCUT2D eigenvalue weighted by atomic mass is 32.2. The largest absolute Gasteiger partial charge is 0.306 e. The molecule has 0 saturated heterocycles. The lowest BCUT2D eigenvalue weighted by Gasteiger charge is -2.23. The van der Waals surface area contributed by atoms with Gasteiger partial charge in [0, 0.05) is 39.4 Å².